The second-order valence-corrected chi connectivity index (χ2v) is 12.6. The van der Waals surface area contributed by atoms with Crippen LogP contribution in [-0.2, 0) is 14.3 Å². The van der Waals surface area contributed by atoms with Crippen molar-refractivity contribution in [2.75, 3.05) is 19.8 Å². The Hall–Kier alpha value is -2.43. The number of aliphatic hydroxyl groups excluding tert-OH is 1. The third-order valence-corrected chi connectivity index (χ3v) is 7.95. The van der Waals surface area contributed by atoms with Gasteiger partial charge in [-0.2, -0.15) is 0 Å². The van der Waals surface area contributed by atoms with Gasteiger partial charge in [0.15, 0.2) is 0 Å². The van der Waals surface area contributed by atoms with E-state index in [2.05, 4.69) is 98.9 Å². The first-order valence-electron chi connectivity index (χ1n) is 19.7. The Morgan fingerprint density at radius 1 is 0.521 bits per heavy atom. The van der Waals surface area contributed by atoms with Gasteiger partial charge in [0.25, 0.3) is 0 Å². The van der Waals surface area contributed by atoms with E-state index >= 15 is 0 Å². The Kier molecular flexibility index (Phi) is 38.7. The van der Waals surface area contributed by atoms with E-state index in [0.717, 1.165) is 83.5 Å². The molecule has 48 heavy (non-hydrogen) atoms. The first kappa shape index (κ1) is 45.6. The Morgan fingerprint density at radius 3 is 1.44 bits per heavy atom. The fourth-order valence-corrected chi connectivity index (χ4v) is 5.03. The molecular formula is C44H74O4. The van der Waals surface area contributed by atoms with Crippen LogP contribution in [0.4, 0.5) is 0 Å². The van der Waals surface area contributed by atoms with Gasteiger partial charge in [0.2, 0.25) is 0 Å². The van der Waals surface area contributed by atoms with Crippen molar-refractivity contribution in [3.8, 4) is 0 Å². The predicted molar refractivity (Wildman–Crippen MR) is 209 cm³/mol. The molecule has 1 unspecified atom stereocenters. The van der Waals surface area contributed by atoms with E-state index < -0.39 is 6.10 Å². The lowest BCUT2D eigenvalue weighted by molar-refractivity contribution is -0.154. The van der Waals surface area contributed by atoms with Crippen molar-refractivity contribution >= 4 is 5.97 Å². The minimum absolute atomic E-state index is 0.188. The summed E-state index contributed by atoms with van der Waals surface area (Å²) in [4.78, 5) is 12.1. The van der Waals surface area contributed by atoms with Crippen molar-refractivity contribution in [1.82, 2.24) is 0 Å². The smallest absolute Gasteiger partial charge is 0.306 e. The Labute approximate surface area is 297 Å². The average molecular weight is 667 g/mol. The highest BCUT2D eigenvalue weighted by atomic mass is 16.6. The van der Waals surface area contributed by atoms with Gasteiger partial charge < -0.3 is 14.6 Å². The van der Waals surface area contributed by atoms with Crippen LogP contribution in [-0.4, -0.2) is 37.0 Å². The van der Waals surface area contributed by atoms with E-state index in [1.165, 1.54) is 57.8 Å². The number of rotatable bonds is 35. The monoisotopic (exact) mass is 667 g/mol. The summed E-state index contributed by atoms with van der Waals surface area (Å²) in [5.74, 6) is -0.223. The molecule has 0 aliphatic carbocycles. The number of hydrogen-bond donors (Lipinski definition) is 1. The summed E-state index contributed by atoms with van der Waals surface area (Å²) in [7, 11) is 0. The van der Waals surface area contributed by atoms with E-state index in [4.69, 9.17) is 9.47 Å². The van der Waals surface area contributed by atoms with E-state index in [-0.39, 0.29) is 19.2 Å². The Bertz CT molecular complexity index is 876. The third kappa shape index (κ3) is 38.0. The van der Waals surface area contributed by atoms with Crippen LogP contribution in [0.15, 0.2) is 85.1 Å². The summed E-state index contributed by atoms with van der Waals surface area (Å²) in [6.07, 6.45) is 56.3. The number of ether oxygens (including phenoxy) is 2. The normalized spacial score (nSPS) is 13.3. The molecule has 0 rings (SSSR count). The Balaban J connectivity index is 3.55. The molecule has 0 heterocycles. The van der Waals surface area contributed by atoms with Gasteiger partial charge in [0, 0.05) is 13.0 Å². The maximum Gasteiger partial charge on any atom is 0.306 e. The topological polar surface area (TPSA) is 55.8 Å². The Morgan fingerprint density at radius 2 is 0.938 bits per heavy atom. The molecule has 1 atom stereocenters. The molecule has 0 spiro atoms. The van der Waals surface area contributed by atoms with Gasteiger partial charge in [-0.15, -0.1) is 0 Å². The fourth-order valence-electron chi connectivity index (χ4n) is 5.03. The van der Waals surface area contributed by atoms with Crippen molar-refractivity contribution < 1.29 is 19.4 Å². The number of allylic oxidation sites excluding steroid dienone is 14. The van der Waals surface area contributed by atoms with Gasteiger partial charge >= 0.3 is 5.97 Å². The second kappa shape index (κ2) is 40.7. The summed E-state index contributed by atoms with van der Waals surface area (Å²) < 4.78 is 11.1. The van der Waals surface area contributed by atoms with E-state index in [1.54, 1.807) is 0 Å². The van der Waals surface area contributed by atoms with Crippen LogP contribution in [0, 0.1) is 0 Å². The zero-order valence-corrected chi connectivity index (χ0v) is 31.2. The highest BCUT2D eigenvalue weighted by molar-refractivity contribution is 5.69. The molecule has 0 radical (unpaired) electrons. The molecule has 1 N–H and O–H groups in total. The van der Waals surface area contributed by atoms with Crippen LogP contribution in [0.1, 0.15) is 162 Å². The van der Waals surface area contributed by atoms with E-state index in [0.29, 0.717) is 13.0 Å². The van der Waals surface area contributed by atoms with Gasteiger partial charge in [-0.1, -0.05) is 150 Å². The van der Waals surface area contributed by atoms with E-state index in [1.807, 2.05) is 0 Å². The molecule has 0 bridgehead atoms. The molecule has 0 saturated carbocycles. The predicted octanol–water partition coefficient (Wildman–Crippen LogP) is 12.8. The molecule has 4 heteroatoms. The van der Waals surface area contributed by atoms with Gasteiger partial charge in [0.1, 0.15) is 6.10 Å². The van der Waals surface area contributed by atoms with Crippen molar-refractivity contribution in [2.45, 2.75) is 168 Å². The van der Waals surface area contributed by atoms with Crippen LogP contribution in [0.5, 0.6) is 0 Å². The summed E-state index contributed by atoms with van der Waals surface area (Å²) in [6.45, 7) is 5.14. The van der Waals surface area contributed by atoms with Crippen LogP contribution in [0.25, 0.3) is 0 Å². The summed E-state index contributed by atoms with van der Waals surface area (Å²) in [5, 5.41) is 9.56. The molecule has 0 aromatic carbocycles. The number of carbonyl (C=O) groups is 1. The summed E-state index contributed by atoms with van der Waals surface area (Å²) in [6, 6.07) is 0. The largest absolute Gasteiger partial charge is 0.457 e. The number of hydrogen-bond acceptors (Lipinski definition) is 4. The number of carbonyl (C=O) groups excluding carboxylic acids is 1. The minimum atomic E-state index is -0.553. The molecule has 0 aromatic heterocycles. The summed E-state index contributed by atoms with van der Waals surface area (Å²) >= 11 is 0. The van der Waals surface area contributed by atoms with Crippen LogP contribution < -0.4 is 0 Å². The lowest BCUT2D eigenvalue weighted by Crippen LogP contribution is -2.27. The fraction of sp³-hybridized carbons (Fsp3) is 0.659. The lowest BCUT2D eigenvalue weighted by Gasteiger charge is -2.15. The molecule has 0 amide bonds. The molecule has 0 aliphatic heterocycles. The molecule has 0 aromatic rings. The third-order valence-electron chi connectivity index (χ3n) is 7.95. The maximum atomic E-state index is 12.1. The minimum Gasteiger partial charge on any atom is -0.457 e. The first-order chi connectivity index (χ1) is 23.7. The number of aliphatic hydroxyl groups is 1. The van der Waals surface area contributed by atoms with Crippen LogP contribution in [0.3, 0.4) is 0 Å². The van der Waals surface area contributed by atoms with Crippen molar-refractivity contribution in [3.05, 3.63) is 85.1 Å². The van der Waals surface area contributed by atoms with Crippen LogP contribution in [0.2, 0.25) is 0 Å². The number of esters is 1. The standard InChI is InChI=1S/C44H74O4/c1-3-5-7-9-11-13-15-17-18-19-20-21-22-23-24-25-26-27-28-30-32-34-36-38-40-47-42-43(41-45)48-44(46)39-37-35-33-31-29-16-14-12-10-8-6-4-2/h5,7,11-14,17-18,20-21,23-24,26-27,43,45H,3-4,6,8-10,15-16,19,22,25,28-42H2,1-2H3/b7-5-,13-11-,14-12-,18-17-,21-20-,24-23-,27-26-. The molecule has 0 fully saturated rings. The maximum absolute atomic E-state index is 12.1. The lowest BCUT2D eigenvalue weighted by atomic mass is 10.1. The quantitative estimate of drug-likeness (QED) is 0.0415. The van der Waals surface area contributed by atoms with Gasteiger partial charge in [-0.3, -0.25) is 4.79 Å². The molecule has 274 valence electrons. The zero-order valence-electron chi connectivity index (χ0n) is 31.2. The average Bonchev–Trinajstić information content (AvgIpc) is 3.09. The molecule has 4 nitrogen and oxygen atoms in total. The molecule has 0 saturated heterocycles. The summed E-state index contributed by atoms with van der Waals surface area (Å²) in [5.41, 5.74) is 0. The second-order valence-electron chi connectivity index (χ2n) is 12.6. The van der Waals surface area contributed by atoms with Gasteiger partial charge in [-0.05, 0) is 89.9 Å². The van der Waals surface area contributed by atoms with Gasteiger partial charge in [-0.25, -0.2) is 0 Å². The highest BCUT2D eigenvalue weighted by Crippen LogP contribution is 2.11. The number of unbranched alkanes of at least 4 members (excludes halogenated alkanes) is 13. The molecular weight excluding hydrogens is 592 g/mol. The molecule has 0 aliphatic rings. The van der Waals surface area contributed by atoms with Crippen LogP contribution >= 0.6 is 0 Å². The van der Waals surface area contributed by atoms with Crippen molar-refractivity contribution in [2.24, 2.45) is 0 Å². The zero-order chi connectivity index (χ0) is 34.9. The van der Waals surface area contributed by atoms with E-state index in [9.17, 15) is 9.90 Å². The SMILES string of the molecule is CC/C=C\C/C=C\C/C=C\C/C=C\C/C=C\C/C=C\CCCCCCCOCC(CO)OC(=O)CCCCCCC/C=C\CCCCC. The van der Waals surface area contributed by atoms with Crippen molar-refractivity contribution in [1.29, 1.82) is 0 Å². The highest BCUT2D eigenvalue weighted by Gasteiger charge is 2.13. The first-order valence-corrected chi connectivity index (χ1v) is 19.7. The van der Waals surface area contributed by atoms with Gasteiger partial charge in [0.05, 0.1) is 13.2 Å². The van der Waals surface area contributed by atoms with Crippen molar-refractivity contribution in [3.63, 3.8) is 0 Å².